The van der Waals surface area contributed by atoms with Crippen LogP contribution in [0.2, 0.25) is 0 Å². The summed E-state index contributed by atoms with van der Waals surface area (Å²) in [5, 5.41) is 32.9. The van der Waals surface area contributed by atoms with E-state index >= 15 is 0 Å². The molecule has 0 radical (unpaired) electrons. The third-order valence-electron chi connectivity index (χ3n) is 6.09. The van der Waals surface area contributed by atoms with Gasteiger partial charge < -0.3 is 25.4 Å². The molecular weight excluding hydrogens is 479 g/mol. The molecule has 2 aromatic heterocycles. The zero-order valence-electron chi connectivity index (χ0n) is 18.7. The number of anilines is 1. The molecule has 1 aliphatic heterocycles. The van der Waals surface area contributed by atoms with Gasteiger partial charge in [-0.05, 0) is 28.8 Å². The standard InChI is InChI=1S/C24H22F3N5O4/c25-24(26,27)16-3-1-2-15(8-16)14-6-4-13(5-7-14)9-28-21-18-22(30-11-29-21)32(12-31-18)23-20(35)19(34)17(10-33)36-23/h1-8,11-12,17,19-20,23,33-35H,9-10H2,(H,28,29,30)/t17-,19-,20-,23-/m1/s1. The SMILES string of the molecule is OC[C@H]1O[C@@H](n2cnc3c(NCc4ccc(-c5cccc(C(F)(F)F)c5)cc4)ncnc32)[C@H](O)[C@@H]1O. The van der Waals surface area contributed by atoms with Crippen LogP contribution in [0.5, 0.6) is 0 Å². The highest BCUT2D eigenvalue weighted by Crippen LogP contribution is 2.33. The van der Waals surface area contributed by atoms with Crippen LogP contribution < -0.4 is 5.32 Å². The largest absolute Gasteiger partial charge is 0.416 e. The maximum absolute atomic E-state index is 13.0. The molecule has 5 rings (SSSR count). The van der Waals surface area contributed by atoms with Crippen LogP contribution in [0.4, 0.5) is 19.0 Å². The summed E-state index contributed by atoms with van der Waals surface area (Å²) in [6.07, 6.45) is -6.11. The summed E-state index contributed by atoms with van der Waals surface area (Å²) in [6.45, 7) is -0.0919. The Morgan fingerprint density at radius 2 is 1.75 bits per heavy atom. The van der Waals surface area contributed by atoms with Gasteiger partial charge in [0.15, 0.2) is 23.2 Å². The van der Waals surface area contributed by atoms with Crippen molar-refractivity contribution >= 4 is 17.0 Å². The van der Waals surface area contributed by atoms with Crippen molar-refractivity contribution < 1.29 is 33.2 Å². The molecule has 0 unspecified atom stereocenters. The van der Waals surface area contributed by atoms with Crippen LogP contribution >= 0.6 is 0 Å². The number of aliphatic hydroxyl groups is 3. The number of benzene rings is 2. The molecule has 4 atom stereocenters. The minimum absolute atomic E-state index is 0.357. The number of rotatable bonds is 6. The second kappa shape index (κ2) is 9.47. The van der Waals surface area contributed by atoms with Crippen molar-refractivity contribution in [2.45, 2.75) is 37.3 Å². The van der Waals surface area contributed by atoms with E-state index in [1.54, 1.807) is 30.3 Å². The topological polar surface area (TPSA) is 126 Å². The van der Waals surface area contributed by atoms with Crippen molar-refractivity contribution in [1.82, 2.24) is 19.5 Å². The molecule has 0 bridgehead atoms. The Labute approximate surface area is 202 Å². The van der Waals surface area contributed by atoms with Gasteiger partial charge in [-0.15, -0.1) is 0 Å². The van der Waals surface area contributed by atoms with E-state index in [1.807, 2.05) is 0 Å². The van der Waals surface area contributed by atoms with E-state index in [4.69, 9.17) is 4.74 Å². The van der Waals surface area contributed by atoms with Gasteiger partial charge in [0, 0.05) is 6.54 Å². The summed E-state index contributed by atoms with van der Waals surface area (Å²) in [7, 11) is 0. The van der Waals surface area contributed by atoms with Gasteiger partial charge in [0.2, 0.25) is 0 Å². The first-order valence-electron chi connectivity index (χ1n) is 11.1. The van der Waals surface area contributed by atoms with Crippen molar-refractivity contribution in [3.8, 4) is 11.1 Å². The fourth-order valence-corrected chi connectivity index (χ4v) is 4.15. The highest BCUT2D eigenvalue weighted by atomic mass is 19.4. The summed E-state index contributed by atoms with van der Waals surface area (Å²) >= 11 is 0. The smallest absolute Gasteiger partial charge is 0.394 e. The predicted octanol–water partition coefficient (Wildman–Crippen LogP) is 2.74. The third kappa shape index (κ3) is 4.51. The predicted molar refractivity (Wildman–Crippen MR) is 123 cm³/mol. The maximum Gasteiger partial charge on any atom is 0.416 e. The lowest BCUT2D eigenvalue weighted by molar-refractivity contribution is -0.137. The molecule has 36 heavy (non-hydrogen) atoms. The quantitative estimate of drug-likeness (QED) is 0.318. The Morgan fingerprint density at radius 3 is 2.44 bits per heavy atom. The fraction of sp³-hybridized carbons (Fsp3) is 0.292. The summed E-state index contributed by atoms with van der Waals surface area (Å²) in [5.41, 5.74) is 2.07. The average Bonchev–Trinajstić information content (AvgIpc) is 3.43. The molecule has 1 saturated heterocycles. The zero-order chi connectivity index (χ0) is 25.4. The highest BCUT2D eigenvalue weighted by Gasteiger charge is 2.44. The molecule has 0 saturated carbocycles. The number of hydrogen-bond acceptors (Lipinski definition) is 8. The molecule has 3 heterocycles. The molecule has 4 aromatic rings. The van der Waals surface area contributed by atoms with Gasteiger partial charge in [0.05, 0.1) is 18.5 Å². The Hall–Kier alpha value is -3.58. The molecule has 12 heteroatoms. The lowest BCUT2D eigenvalue weighted by atomic mass is 10.0. The molecule has 1 fully saturated rings. The molecule has 188 valence electrons. The third-order valence-corrected chi connectivity index (χ3v) is 6.09. The van der Waals surface area contributed by atoms with E-state index in [2.05, 4.69) is 20.3 Å². The number of fused-ring (bicyclic) bond motifs is 1. The van der Waals surface area contributed by atoms with Gasteiger partial charge in [-0.3, -0.25) is 4.57 Å². The number of ether oxygens (including phenoxy) is 1. The number of nitrogens with one attached hydrogen (secondary N) is 1. The minimum atomic E-state index is -4.40. The van der Waals surface area contributed by atoms with Gasteiger partial charge in [0.1, 0.15) is 24.6 Å². The average molecular weight is 501 g/mol. The first-order chi connectivity index (χ1) is 17.3. The maximum atomic E-state index is 13.0. The Bertz CT molecular complexity index is 1360. The van der Waals surface area contributed by atoms with Gasteiger partial charge in [-0.2, -0.15) is 13.2 Å². The van der Waals surface area contributed by atoms with Crippen LogP contribution in [0.3, 0.4) is 0 Å². The number of halogens is 3. The second-order valence-electron chi connectivity index (χ2n) is 8.40. The number of aliphatic hydroxyl groups excluding tert-OH is 3. The van der Waals surface area contributed by atoms with E-state index in [0.717, 1.165) is 17.7 Å². The molecule has 0 spiro atoms. The summed E-state index contributed by atoms with van der Waals surface area (Å²) in [5.74, 6) is 0.424. The molecule has 9 nitrogen and oxygen atoms in total. The van der Waals surface area contributed by atoms with E-state index in [-0.39, 0.29) is 0 Å². The lowest BCUT2D eigenvalue weighted by Crippen LogP contribution is -2.33. The summed E-state index contributed by atoms with van der Waals surface area (Å²) < 4.78 is 46.1. The van der Waals surface area contributed by atoms with Crippen LogP contribution in [-0.2, 0) is 17.5 Å². The fourth-order valence-electron chi connectivity index (χ4n) is 4.15. The van der Waals surface area contributed by atoms with Crippen molar-refractivity contribution in [3.63, 3.8) is 0 Å². The second-order valence-corrected chi connectivity index (χ2v) is 8.40. The molecule has 0 amide bonds. The van der Waals surface area contributed by atoms with Gasteiger partial charge in [-0.25, -0.2) is 15.0 Å². The van der Waals surface area contributed by atoms with Crippen LogP contribution in [0.25, 0.3) is 22.3 Å². The van der Waals surface area contributed by atoms with E-state index < -0.39 is 42.9 Å². The van der Waals surface area contributed by atoms with Gasteiger partial charge in [0.25, 0.3) is 0 Å². The number of alkyl halides is 3. The van der Waals surface area contributed by atoms with Gasteiger partial charge in [-0.1, -0.05) is 36.4 Å². The van der Waals surface area contributed by atoms with Crippen molar-refractivity contribution in [3.05, 3.63) is 72.3 Å². The summed E-state index contributed by atoms with van der Waals surface area (Å²) in [4.78, 5) is 12.8. The van der Waals surface area contributed by atoms with Crippen LogP contribution in [0, 0.1) is 0 Å². The Morgan fingerprint density at radius 1 is 0.972 bits per heavy atom. The van der Waals surface area contributed by atoms with Crippen molar-refractivity contribution in [1.29, 1.82) is 0 Å². The number of nitrogens with zero attached hydrogens (tertiary/aromatic N) is 4. The van der Waals surface area contributed by atoms with E-state index in [0.29, 0.717) is 34.7 Å². The van der Waals surface area contributed by atoms with Gasteiger partial charge >= 0.3 is 6.18 Å². The molecule has 1 aliphatic rings. The number of hydrogen-bond donors (Lipinski definition) is 4. The van der Waals surface area contributed by atoms with Crippen LogP contribution in [0.1, 0.15) is 17.4 Å². The zero-order valence-corrected chi connectivity index (χ0v) is 18.7. The van der Waals surface area contributed by atoms with E-state index in [9.17, 15) is 28.5 Å². The Kier molecular flexibility index (Phi) is 6.35. The first-order valence-corrected chi connectivity index (χ1v) is 11.1. The van der Waals surface area contributed by atoms with Crippen LogP contribution in [0.15, 0.2) is 61.2 Å². The summed E-state index contributed by atoms with van der Waals surface area (Å²) in [6, 6.07) is 12.3. The first kappa shape index (κ1) is 24.1. The minimum Gasteiger partial charge on any atom is -0.394 e. The lowest BCUT2D eigenvalue weighted by Gasteiger charge is -2.16. The van der Waals surface area contributed by atoms with Crippen LogP contribution in [-0.4, -0.2) is 59.8 Å². The normalized spacial score (nSPS) is 22.3. The molecule has 2 aromatic carbocycles. The molecule has 0 aliphatic carbocycles. The molecule has 4 N–H and O–H groups in total. The number of imidazole rings is 1. The Balaban J connectivity index is 1.32. The van der Waals surface area contributed by atoms with Crippen molar-refractivity contribution in [2.24, 2.45) is 0 Å². The van der Waals surface area contributed by atoms with Crippen molar-refractivity contribution in [2.75, 3.05) is 11.9 Å². The van der Waals surface area contributed by atoms with E-state index in [1.165, 1.54) is 23.3 Å². The highest BCUT2D eigenvalue weighted by molar-refractivity contribution is 5.82. The monoisotopic (exact) mass is 501 g/mol. The molecular formula is C24H22F3N5O4. The number of aromatic nitrogens is 4.